The van der Waals surface area contributed by atoms with Crippen LogP contribution in [0.2, 0.25) is 0 Å². The first kappa shape index (κ1) is 11.7. The Kier molecular flexibility index (Phi) is 6.62. The minimum absolute atomic E-state index is 0.279. The molecule has 0 rings (SSSR count). The Morgan fingerprint density at radius 3 is 2.31 bits per heavy atom. The van der Waals surface area contributed by atoms with Gasteiger partial charge in [-0.15, -0.1) is 0 Å². The molecule has 0 saturated heterocycles. The van der Waals surface area contributed by atoms with Gasteiger partial charge >= 0.3 is 6.09 Å². The maximum absolute atomic E-state index is 10.3. The second-order valence-corrected chi connectivity index (χ2v) is 2.50. The molecule has 0 heterocycles. The van der Waals surface area contributed by atoms with Crippen LogP contribution in [0.1, 0.15) is 25.7 Å². The fourth-order valence-corrected chi connectivity index (χ4v) is 0.737. The number of amides is 2. The molecule has 13 heavy (non-hydrogen) atoms. The van der Waals surface area contributed by atoms with E-state index >= 15 is 0 Å². The first-order valence-corrected chi connectivity index (χ1v) is 4.00. The molecule has 0 aliphatic heterocycles. The number of nitrogens with two attached hydrogens (primary N) is 2. The molecule has 4 N–H and O–H groups in total. The predicted molar refractivity (Wildman–Crippen MR) is 44.3 cm³/mol. The Balaban J connectivity index is 3.00. The molecule has 0 aromatic rings. The summed E-state index contributed by atoms with van der Waals surface area (Å²) in [6.07, 6.45) is 1.62. The number of hydrogen-bond donors (Lipinski definition) is 2. The fourth-order valence-electron chi connectivity index (χ4n) is 0.737. The van der Waals surface area contributed by atoms with E-state index in [2.05, 4.69) is 15.5 Å². The zero-order valence-electron chi connectivity index (χ0n) is 7.32. The van der Waals surface area contributed by atoms with Crippen molar-refractivity contribution in [1.29, 1.82) is 0 Å². The molecule has 76 valence electrons. The van der Waals surface area contributed by atoms with E-state index in [9.17, 15) is 9.59 Å². The number of primary amides is 2. The largest absolute Gasteiger partial charge is 0.436 e. The van der Waals surface area contributed by atoms with Gasteiger partial charge < -0.3 is 11.5 Å². The van der Waals surface area contributed by atoms with Gasteiger partial charge in [-0.2, -0.15) is 4.89 Å². The van der Waals surface area contributed by atoms with Crippen molar-refractivity contribution in [3.63, 3.8) is 0 Å². The van der Waals surface area contributed by atoms with Gasteiger partial charge in [0.25, 0.3) is 0 Å². The van der Waals surface area contributed by atoms with E-state index in [0.717, 1.165) is 12.8 Å². The normalized spacial score (nSPS) is 9.54. The average Bonchev–Trinajstić information content (AvgIpc) is 2.01. The Morgan fingerprint density at radius 1 is 1.08 bits per heavy atom. The summed E-state index contributed by atoms with van der Waals surface area (Å²) in [6.45, 7) is 0.279. The summed E-state index contributed by atoms with van der Waals surface area (Å²) in [4.78, 5) is 28.7. The predicted octanol–water partition coefficient (Wildman–Crippen LogP) is 0.0590. The first-order valence-electron chi connectivity index (χ1n) is 4.00. The van der Waals surface area contributed by atoms with Gasteiger partial charge in [0.05, 0.1) is 6.61 Å². The maximum Gasteiger partial charge on any atom is 0.436 e. The quantitative estimate of drug-likeness (QED) is 0.336. The minimum atomic E-state index is -0.961. The number of unbranched alkanes of at least 4 members (excludes halogenated alkanes) is 2. The lowest BCUT2D eigenvalue weighted by Gasteiger charge is -1.99. The summed E-state index contributed by atoms with van der Waals surface area (Å²) >= 11 is 0. The van der Waals surface area contributed by atoms with E-state index in [1.54, 1.807) is 0 Å². The Bertz CT molecular complexity index is 154. The molecular weight excluding hydrogens is 176 g/mol. The second kappa shape index (κ2) is 7.35. The maximum atomic E-state index is 10.3. The smallest absolute Gasteiger partial charge is 0.370 e. The van der Waals surface area contributed by atoms with Crippen LogP contribution in [0.25, 0.3) is 0 Å². The number of carbonyl (C=O) groups excluding carboxylic acids is 2. The molecule has 0 unspecified atom stereocenters. The number of carbonyl (C=O) groups is 2. The Hall–Kier alpha value is -1.30. The zero-order chi connectivity index (χ0) is 10.1. The van der Waals surface area contributed by atoms with Gasteiger partial charge in [0.15, 0.2) is 0 Å². The molecular formula is C7H14N2O4. The van der Waals surface area contributed by atoms with Gasteiger partial charge in [-0.3, -0.25) is 9.68 Å². The highest BCUT2D eigenvalue weighted by Gasteiger charge is 1.96. The van der Waals surface area contributed by atoms with Gasteiger partial charge in [-0.05, 0) is 12.8 Å². The molecule has 0 radical (unpaired) electrons. The third-order valence-corrected chi connectivity index (χ3v) is 1.29. The summed E-state index contributed by atoms with van der Waals surface area (Å²) < 4.78 is 0. The van der Waals surface area contributed by atoms with Crippen LogP contribution in [0, 0.1) is 0 Å². The molecule has 0 bridgehead atoms. The first-order chi connectivity index (χ1) is 6.13. The molecule has 0 atom stereocenters. The van der Waals surface area contributed by atoms with Gasteiger partial charge in [-0.1, -0.05) is 6.42 Å². The molecule has 6 heteroatoms. The lowest BCUT2D eigenvalue weighted by Crippen LogP contribution is -2.14. The average molecular weight is 190 g/mol. The van der Waals surface area contributed by atoms with Crippen molar-refractivity contribution in [3.05, 3.63) is 0 Å². The lowest BCUT2D eigenvalue weighted by molar-refractivity contribution is -0.236. The third kappa shape index (κ3) is 10.7. The highest BCUT2D eigenvalue weighted by atomic mass is 17.2. The van der Waals surface area contributed by atoms with Gasteiger partial charge in [0.1, 0.15) is 0 Å². The van der Waals surface area contributed by atoms with Crippen LogP contribution in [0.15, 0.2) is 0 Å². The van der Waals surface area contributed by atoms with Crippen molar-refractivity contribution in [2.45, 2.75) is 25.7 Å². The summed E-state index contributed by atoms with van der Waals surface area (Å²) in [7, 11) is 0. The molecule has 0 aromatic carbocycles. The lowest BCUT2D eigenvalue weighted by atomic mass is 10.2. The SMILES string of the molecule is NC(=O)CCCCCOOC(N)=O. The van der Waals surface area contributed by atoms with Gasteiger partial charge in [0, 0.05) is 6.42 Å². The second-order valence-electron chi connectivity index (χ2n) is 2.50. The van der Waals surface area contributed by atoms with Crippen LogP contribution < -0.4 is 11.5 Å². The molecule has 0 spiro atoms. The van der Waals surface area contributed by atoms with E-state index in [1.165, 1.54) is 0 Å². The number of rotatable bonds is 7. The standard InChI is InChI=1S/C7H14N2O4/c8-6(10)4-2-1-3-5-12-13-7(9)11/h1-5H2,(H2,8,10)(H2,9,11). The van der Waals surface area contributed by atoms with Crippen molar-refractivity contribution < 1.29 is 19.4 Å². The topological polar surface area (TPSA) is 105 Å². The van der Waals surface area contributed by atoms with Crippen molar-refractivity contribution >= 4 is 12.0 Å². The summed E-state index contributed by atoms with van der Waals surface area (Å²) in [5, 5.41) is 0. The van der Waals surface area contributed by atoms with Crippen molar-refractivity contribution in [2.75, 3.05) is 6.61 Å². The summed E-state index contributed by atoms with van der Waals surface area (Å²) in [5.74, 6) is -0.311. The molecule has 2 amide bonds. The van der Waals surface area contributed by atoms with Gasteiger partial charge in [0.2, 0.25) is 5.91 Å². The highest BCUT2D eigenvalue weighted by molar-refractivity contribution is 5.73. The van der Waals surface area contributed by atoms with Gasteiger partial charge in [-0.25, -0.2) is 4.79 Å². The Labute approximate surface area is 76.1 Å². The van der Waals surface area contributed by atoms with E-state index in [-0.39, 0.29) is 12.5 Å². The fraction of sp³-hybridized carbons (Fsp3) is 0.714. The molecule has 0 saturated carbocycles. The van der Waals surface area contributed by atoms with Crippen LogP contribution in [0.5, 0.6) is 0 Å². The van der Waals surface area contributed by atoms with Crippen LogP contribution >= 0.6 is 0 Å². The Morgan fingerprint density at radius 2 is 1.77 bits per heavy atom. The highest BCUT2D eigenvalue weighted by Crippen LogP contribution is 1.99. The molecule has 0 aliphatic carbocycles. The third-order valence-electron chi connectivity index (χ3n) is 1.29. The molecule has 0 aliphatic rings. The molecule has 0 aromatic heterocycles. The van der Waals surface area contributed by atoms with E-state index < -0.39 is 6.09 Å². The van der Waals surface area contributed by atoms with Crippen molar-refractivity contribution in [1.82, 2.24) is 0 Å². The number of hydrogen-bond acceptors (Lipinski definition) is 4. The summed E-state index contributed by atoms with van der Waals surface area (Å²) in [6, 6.07) is 0. The van der Waals surface area contributed by atoms with E-state index in [1.807, 2.05) is 0 Å². The van der Waals surface area contributed by atoms with Crippen LogP contribution in [0.4, 0.5) is 4.79 Å². The van der Waals surface area contributed by atoms with E-state index in [0.29, 0.717) is 12.8 Å². The van der Waals surface area contributed by atoms with Crippen LogP contribution in [0.3, 0.4) is 0 Å². The zero-order valence-corrected chi connectivity index (χ0v) is 7.32. The van der Waals surface area contributed by atoms with E-state index in [4.69, 9.17) is 5.73 Å². The molecule has 0 fully saturated rings. The summed E-state index contributed by atoms with van der Waals surface area (Å²) in [5.41, 5.74) is 9.54. The minimum Gasteiger partial charge on any atom is -0.370 e. The van der Waals surface area contributed by atoms with Crippen molar-refractivity contribution in [3.8, 4) is 0 Å². The molecule has 6 nitrogen and oxygen atoms in total. The van der Waals surface area contributed by atoms with Crippen molar-refractivity contribution in [2.24, 2.45) is 11.5 Å². The monoisotopic (exact) mass is 190 g/mol. The van der Waals surface area contributed by atoms with Crippen LogP contribution in [-0.2, 0) is 14.6 Å². The van der Waals surface area contributed by atoms with Crippen LogP contribution in [-0.4, -0.2) is 18.6 Å².